The molecule has 0 aliphatic rings. The summed E-state index contributed by atoms with van der Waals surface area (Å²) in [5, 5.41) is 14.1. The van der Waals surface area contributed by atoms with Crippen LogP contribution in [0.15, 0.2) is 44.4 Å². The molecule has 0 aliphatic carbocycles. The van der Waals surface area contributed by atoms with E-state index in [0.717, 1.165) is 30.0 Å². The molecule has 0 radical (unpaired) electrons. The summed E-state index contributed by atoms with van der Waals surface area (Å²) in [6, 6.07) is 8.04. The Morgan fingerprint density at radius 3 is 2.59 bits per heavy atom. The molecule has 7 heteroatoms. The van der Waals surface area contributed by atoms with Gasteiger partial charge < -0.3 is 10.6 Å². The monoisotopic (exact) mass is 389 g/mol. The van der Waals surface area contributed by atoms with Crippen LogP contribution in [0, 0.1) is 5.92 Å². The summed E-state index contributed by atoms with van der Waals surface area (Å²) in [6.45, 7) is 7.36. The topological polar surface area (TPSA) is 78.2 Å². The van der Waals surface area contributed by atoms with Crippen LogP contribution in [0.1, 0.15) is 40.0 Å². The molecular formula is C20H31N5OS. The fraction of sp³-hybridized carbons (Fsp3) is 0.500. The van der Waals surface area contributed by atoms with E-state index in [9.17, 15) is 4.79 Å². The summed E-state index contributed by atoms with van der Waals surface area (Å²) in [7, 11) is 0. The van der Waals surface area contributed by atoms with Crippen LogP contribution in [0.2, 0.25) is 0 Å². The van der Waals surface area contributed by atoms with E-state index in [2.05, 4.69) is 31.9 Å². The van der Waals surface area contributed by atoms with Gasteiger partial charge in [0.2, 0.25) is 5.91 Å². The second-order valence-corrected chi connectivity index (χ2v) is 7.28. The Hall–Kier alpha value is -2.15. The van der Waals surface area contributed by atoms with Crippen molar-refractivity contribution in [3.63, 3.8) is 0 Å². The fourth-order valence-electron chi connectivity index (χ4n) is 2.23. The molecule has 0 saturated heterocycles. The quantitative estimate of drug-likeness (QED) is 0.197. The van der Waals surface area contributed by atoms with Crippen LogP contribution in [-0.4, -0.2) is 43.5 Å². The molecule has 1 aromatic rings. The van der Waals surface area contributed by atoms with Crippen molar-refractivity contribution >= 4 is 41.6 Å². The zero-order valence-electron chi connectivity index (χ0n) is 16.7. The Morgan fingerprint density at radius 1 is 1.19 bits per heavy atom. The molecule has 1 amide bonds. The highest BCUT2D eigenvalue weighted by Crippen LogP contribution is 2.20. The van der Waals surface area contributed by atoms with Gasteiger partial charge in [0, 0.05) is 30.6 Å². The van der Waals surface area contributed by atoms with Crippen molar-refractivity contribution < 1.29 is 4.79 Å². The Bertz CT molecular complexity index is 656. The van der Waals surface area contributed by atoms with Crippen LogP contribution >= 0.6 is 11.8 Å². The number of carbonyl (C=O) groups excluding carboxylic acids is 1. The molecule has 0 aliphatic heterocycles. The van der Waals surface area contributed by atoms with Gasteiger partial charge in [0.1, 0.15) is 5.84 Å². The van der Waals surface area contributed by atoms with Crippen molar-refractivity contribution in [2.75, 3.05) is 19.3 Å². The van der Waals surface area contributed by atoms with Gasteiger partial charge in [-0.05, 0) is 50.1 Å². The Labute approximate surface area is 167 Å². The van der Waals surface area contributed by atoms with Crippen LogP contribution in [0.25, 0.3) is 0 Å². The molecule has 1 rings (SSSR count). The highest BCUT2D eigenvalue weighted by Gasteiger charge is 2.03. The molecule has 6 nitrogen and oxygen atoms in total. The number of nitrogens with one attached hydrogen (secondary N) is 2. The number of aliphatic imine (C=N–C) groups is 1. The van der Waals surface area contributed by atoms with Gasteiger partial charge in [-0.2, -0.15) is 10.2 Å². The standard InChI is InChI=1S/C20H31N5OS/c1-5-23-24-15-19(25-17-9-8-10-18(14-17)27-4)21-11-6-7-12-22-20(26)13-16(2)3/h5,8-10,14-16H,6-7,11-13H2,1-4H3,(H,21,25)(H,22,26)/b23-5+,24-15+. The summed E-state index contributed by atoms with van der Waals surface area (Å²) in [5.41, 5.74) is 0.872. The minimum absolute atomic E-state index is 0.124. The molecule has 0 aromatic heterocycles. The molecule has 27 heavy (non-hydrogen) atoms. The molecule has 1 aromatic carbocycles. The highest BCUT2D eigenvalue weighted by molar-refractivity contribution is 7.98. The number of nitrogens with zero attached hydrogens (tertiary/aromatic N) is 3. The van der Waals surface area contributed by atoms with Crippen LogP contribution in [0.3, 0.4) is 0 Å². The largest absolute Gasteiger partial charge is 0.369 e. The van der Waals surface area contributed by atoms with Crippen LogP contribution in [0.5, 0.6) is 0 Å². The minimum Gasteiger partial charge on any atom is -0.369 e. The first-order valence-corrected chi connectivity index (χ1v) is 10.5. The SMILES string of the molecule is C/C=N/N=C/C(=N\c1cccc(SC)c1)NCCCCNC(=O)CC(C)C. The zero-order valence-corrected chi connectivity index (χ0v) is 17.6. The molecule has 148 valence electrons. The third-order valence-electron chi connectivity index (χ3n) is 3.49. The smallest absolute Gasteiger partial charge is 0.220 e. The lowest BCUT2D eigenvalue weighted by Gasteiger charge is -2.08. The van der Waals surface area contributed by atoms with E-state index in [0.29, 0.717) is 24.7 Å². The minimum atomic E-state index is 0.124. The maximum absolute atomic E-state index is 11.6. The van der Waals surface area contributed by atoms with Crippen LogP contribution in [0.4, 0.5) is 5.69 Å². The van der Waals surface area contributed by atoms with E-state index in [-0.39, 0.29) is 5.91 Å². The summed E-state index contributed by atoms with van der Waals surface area (Å²) in [4.78, 5) is 17.4. The van der Waals surface area contributed by atoms with Crippen molar-refractivity contribution in [2.24, 2.45) is 21.1 Å². The summed E-state index contributed by atoms with van der Waals surface area (Å²) in [5.74, 6) is 1.18. The molecule has 2 N–H and O–H groups in total. The van der Waals surface area contributed by atoms with E-state index in [1.165, 1.54) is 0 Å². The molecule has 0 fully saturated rings. The van der Waals surface area contributed by atoms with Crippen molar-refractivity contribution in [2.45, 2.75) is 44.9 Å². The third-order valence-corrected chi connectivity index (χ3v) is 4.22. The number of unbranched alkanes of at least 4 members (excludes halogenated alkanes) is 1. The lowest BCUT2D eigenvalue weighted by atomic mass is 10.1. The predicted octanol–water partition coefficient (Wildman–Crippen LogP) is 4.05. The van der Waals surface area contributed by atoms with E-state index in [1.807, 2.05) is 45.2 Å². The average Bonchev–Trinajstić information content (AvgIpc) is 2.64. The number of carbonyl (C=O) groups is 1. The van der Waals surface area contributed by atoms with E-state index in [1.54, 1.807) is 24.2 Å². The molecular weight excluding hydrogens is 358 g/mol. The summed E-state index contributed by atoms with van der Waals surface area (Å²) < 4.78 is 0. The first-order chi connectivity index (χ1) is 13.0. The first kappa shape index (κ1) is 22.9. The van der Waals surface area contributed by atoms with Gasteiger partial charge >= 0.3 is 0 Å². The van der Waals surface area contributed by atoms with Crippen LogP contribution in [-0.2, 0) is 4.79 Å². The van der Waals surface area contributed by atoms with E-state index >= 15 is 0 Å². The maximum atomic E-state index is 11.6. The molecule has 0 heterocycles. The van der Waals surface area contributed by atoms with Gasteiger partial charge in [0.05, 0.1) is 11.9 Å². The van der Waals surface area contributed by atoms with E-state index < -0.39 is 0 Å². The molecule has 0 atom stereocenters. The normalized spacial score (nSPS) is 12.3. The summed E-state index contributed by atoms with van der Waals surface area (Å²) >= 11 is 1.68. The number of hydrogen-bond donors (Lipinski definition) is 2. The van der Waals surface area contributed by atoms with E-state index in [4.69, 9.17) is 0 Å². The molecule has 0 saturated carbocycles. The van der Waals surface area contributed by atoms with Gasteiger partial charge in [0.25, 0.3) is 0 Å². The highest BCUT2D eigenvalue weighted by atomic mass is 32.2. The van der Waals surface area contributed by atoms with Crippen molar-refractivity contribution in [3.8, 4) is 0 Å². The summed E-state index contributed by atoms with van der Waals surface area (Å²) in [6.07, 6.45) is 7.71. The Morgan fingerprint density at radius 2 is 1.93 bits per heavy atom. The third kappa shape index (κ3) is 11.2. The molecule has 0 bridgehead atoms. The van der Waals surface area contributed by atoms with Gasteiger partial charge in [-0.1, -0.05) is 19.9 Å². The number of amides is 1. The zero-order chi connectivity index (χ0) is 19.9. The van der Waals surface area contributed by atoms with Gasteiger partial charge in [-0.3, -0.25) is 4.79 Å². The number of benzene rings is 1. The van der Waals surface area contributed by atoms with Crippen molar-refractivity contribution in [1.29, 1.82) is 0 Å². The van der Waals surface area contributed by atoms with Crippen molar-refractivity contribution in [3.05, 3.63) is 24.3 Å². The first-order valence-electron chi connectivity index (χ1n) is 9.29. The maximum Gasteiger partial charge on any atom is 0.220 e. The Balaban J connectivity index is 2.50. The fourth-order valence-corrected chi connectivity index (χ4v) is 2.68. The molecule has 0 unspecified atom stereocenters. The van der Waals surface area contributed by atoms with Gasteiger partial charge in [-0.15, -0.1) is 11.8 Å². The number of amidine groups is 1. The lowest BCUT2D eigenvalue weighted by molar-refractivity contribution is -0.121. The molecule has 0 spiro atoms. The predicted molar refractivity (Wildman–Crippen MR) is 118 cm³/mol. The average molecular weight is 390 g/mol. The Kier molecular flexibility index (Phi) is 11.8. The number of thioether (sulfide) groups is 1. The van der Waals surface area contributed by atoms with Gasteiger partial charge in [0.15, 0.2) is 0 Å². The second-order valence-electron chi connectivity index (χ2n) is 6.40. The number of rotatable bonds is 11. The van der Waals surface area contributed by atoms with Gasteiger partial charge in [-0.25, -0.2) is 4.99 Å². The van der Waals surface area contributed by atoms with Crippen molar-refractivity contribution in [1.82, 2.24) is 10.6 Å². The second kappa shape index (κ2) is 14.0. The van der Waals surface area contributed by atoms with Crippen LogP contribution < -0.4 is 10.6 Å². The number of hydrogen-bond acceptors (Lipinski definition) is 5. The lowest BCUT2D eigenvalue weighted by Crippen LogP contribution is -2.28.